The van der Waals surface area contributed by atoms with Gasteiger partial charge in [-0.15, -0.1) is 0 Å². The van der Waals surface area contributed by atoms with Crippen molar-refractivity contribution in [2.75, 3.05) is 5.75 Å². The molecule has 0 saturated heterocycles. The van der Waals surface area contributed by atoms with Crippen LogP contribution in [0.3, 0.4) is 0 Å². The van der Waals surface area contributed by atoms with Gasteiger partial charge in [0.15, 0.2) is 5.16 Å². The molecular weight excluding hydrogens is 314 g/mol. The number of nitrogens with zero attached hydrogens (tertiary/aromatic N) is 3. The van der Waals surface area contributed by atoms with Gasteiger partial charge in [0.05, 0.1) is 5.75 Å². The summed E-state index contributed by atoms with van der Waals surface area (Å²) < 4.78 is 1.83. The van der Waals surface area contributed by atoms with Crippen LogP contribution in [0, 0.1) is 0 Å². The maximum absolute atomic E-state index is 12.5. The van der Waals surface area contributed by atoms with E-state index in [9.17, 15) is 14.7 Å². The Morgan fingerprint density at radius 1 is 1.35 bits per heavy atom. The Labute approximate surface area is 138 Å². The number of amides is 1. The molecule has 6 nitrogen and oxygen atoms in total. The number of benzene rings is 1. The molecule has 120 valence electrons. The zero-order valence-corrected chi connectivity index (χ0v) is 13.5. The first-order valence-corrected chi connectivity index (χ1v) is 8.24. The van der Waals surface area contributed by atoms with Gasteiger partial charge in [0, 0.05) is 32.4 Å². The minimum absolute atomic E-state index is 0.177. The molecule has 23 heavy (non-hydrogen) atoms. The standard InChI is InChI=1S/C16H17N3O3S/c1-18-7-6-17-16(18)23-10-14(20)19-9-12-5-3-2-4-11(12)8-13(19)15(21)22/h2-7,13H,8-10H2,1H3,(H,21,22). The summed E-state index contributed by atoms with van der Waals surface area (Å²) in [7, 11) is 1.86. The van der Waals surface area contributed by atoms with Crippen molar-refractivity contribution in [1.82, 2.24) is 14.5 Å². The average molecular weight is 331 g/mol. The molecule has 0 aliphatic carbocycles. The van der Waals surface area contributed by atoms with Gasteiger partial charge in [-0.2, -0.15) is 0 Å². The fraction of sp³-hybridized carbons (Fsp3) is 0.312. The number of imidazole rings is 1. The fourth-order valence-corrected chi connectivity index (χ4v) is 3.52. The van der Waals surface area contributed by atoms with E-state index in [4.69, 9.17) is 0 Å². The molecule has 1 aliphatic heterocycles. The number of carboxylic acids is 1. The minimum atomic E-state index is -0.963. The van der Waals surface area contributed by atoms with Crippen LogP contribution in [0.15, 0.2) is 41.8 Å². The summed E-state index contributed by atoms with van der Waals surface area (Å²) >= 11 is 1.32. The van der Waals surface area contributed by atoms with E-state index in [0.717, 1.165) is 16.3 Å². The van der Waals surface area contributed by atoms with Gasteiger partial charge in [0.2, 0.25) is 5.91 Å². The minimum Gasteiger partial charge on any atom is -0.480 e. The highest BCUT2D eigenvalue weighted by atomic mass is 32.2. The van der Waals surface area contributed by atoms with Crippen molar-refractivity contribution in [1.29, 1.82) is 0 Å². The lowest BCUT2D eigenvalue weighted by Gasteiger charge is -2.34. The maximum Gasteiger partial charge on any atom is 0.326 e. The summed E-state index contributed by atoms with van der Waals surface area (Å²) in [5.41, 5.74) is 2.01. The van der Waals surface area contributed by atoms with Crippen LogP contribution in [0.2, 0.25) is 0 Å². The lowest BCUT2D eigenvalue weighted by Crippen LogP contribution is -2.49. The number of aromatic nitrogens is 2. The Morgan fingerprint density at radius 2 is 2.09 bits per heavy atom. The van der Waals surface area contributed by atoms with Crippen molar-refractivity contribution in [2.24, 2.45) is 7.05 Å². The van der Waals surface area contributed by atoms with Crippen LogP contribution in [0.4, 0.5) is 0 Å². The smallest absolute Gasteiger partial charge is 0.326 e. The van der Waals surface area contributed by atoms with E-state index in [1.54, 1.807) is 6.20 Å². The van der Waals surface area contributed by atoms with Gasteiger partial charge in [-0.05, 0) is 11.1 Å². The molecule has 1 unspecified atom stereocenters. The van der Waals surface area contributed by atoms with Gasteiger partial charge in [-0.3, -0.25) is 4.79 Å². The number of thioether (sulfide) groups is 1. The van der Waals surface area contributed by atoms with E-state index in [2.05, 4.69) is 4.98 Å². The highest BCUT2D eigenvalue weighted by Crippen LogP contribution is 2.25. The monoisotopic (exact) mass is 331 g/mol. The molecular formula is C16H17N3O3S. The third-order valence-corrected chi connectivity index (χ3v) is 5.00. The summed E-state index contributed by atoms with van der Waals surface area (Å²) in [6, 6.07) is 6.87. The molecule has 1 aliphatic rings. The van der Waals surface area contributed by atoms with Crippen molar-refractivity contribution in [3.8, 4) is 0 Å². The van der Waals surface area contributed by atoms with Crippen molar-refractivity contribution in [3.63, 3.8) is 0 Å². The number of hydrogen-bond acceptors (Lipinski definition) is 4. The van der Waals surface area contributed by atoms with Crippen LogP contribution in [-0.2, 0) is 29.6 Å². The normalized spacial score (nSPS) is 16.9. The molecule has 1 aromatic carbocycles. The van der Waals surface area contributed by atoms with E-state index >= 15 is 0 Å². The van der Waals surface area contributed by atoms with E-state index in [1.165, 1.54) is 16.7 Å². The summed E-state index contributed by atoms with van der Waals surface area (Å²) in [6.07, 6.45) is 3.83. The molecule has 0 bridgehead atoms. The Morgan fingerprint density at radius 3 is 2.74 bits per heavy atom. The molecule has 3 rings (SSSR count). The lowest BCUT2D eigenvalue weighted by atomic mass is 9.94. The van der Waals surface area contributed by atoms with E-state index < -0.39 is 12.0 Å². The topological polar surface area (TPSA) is 75.4 Å². The number of carboxylic acid groups (broad SMARTS) is 1. The number of fused-ring (bicyclic) bond motifs is 1. The van der Waals surface area contributed by atoms with Gasteiger partial charge < -0.3 is 14.6 Å². The molecule has 0 saturated carbocycles. The Kier molecular flexibility index (Phi) is 4.38. The molecule has 1 aromatic heterocycles. The number of hydrogen-bond donors (Lipinski definition) is 1. The largest absolute Gasteiger partial charge is 0.480 e. The molecule has 1 atom stereocenters. The van der Waals surface area contributed by atoms with E-state index in [0.29, 0.717) is 13.0 Å². The fourth-order valence-electron chi connectivity index (χ4n) is 2.71. The van der Waals surface area contributed by atoms with Crippen LogP contribution in [-0.4, -0.2) is 43.2 Å². The Hall–Kier alpha value is -2.28. The first-order valence-electron chi connectivity index (χ1n) is 7.25. The van der Waals surface area contributed by atoms with Crippen molar-refractivity contribution >= 4 is 23.6 Å². The predicted octanol–water partition coefficient (Wildman–Crippen LogP) is 1.55. The van der Waals surface area contributed by atoms with Gasteiger partial charge in [0.25, 0.3) is 0 Å². The quantitative estimate of drug-likeness (QED) is 0.860. The molecule has 0 fully saturated rings. The molecule has 0 radical (unpaired) electrons. The molecule has 2 heterocycles. The van der Waals surface area contributed by atoms with Gasteiger partial charge in [0.1, 0.15) is 6.04 Å². The van der Waals surface area contributed by atoms with Gasteiger partial charge >= 0.3 is 5.97 Å². The van der Waals surface area contributed by atoms with E-state index in [-0.39, 0.29) is 11.7 Å². The second-order valence-electron chi connectivity index (χ2n) is 5.46. The van der Waals surface area contributed by atoms with Crippen LogP contribution in [0.25, 0.3) is 0 Å². The second-order valence-corrected chi connectivity index (χ2v) is 6.40. The third kappa shape index (κ3) is 3.24. The highest BCUT2D eigenvalue weighted by Gasteiger charge is 2.34. The Balaban J connectivity index is 1.75. The first-order chi connectivity index (χ1) is 11.1. The molecule has 0 spiro atoms. The van der Waals surface area contributed by atoms with Crippen LogP contribution in [0.5, 0.6) is 0 Å². The van der Waals surface area contributed by atoms with Gasteiger partial charge in [-0.25, -0.2) is 9.78 Å². The third-order valence-electron chi connectivity index (χ3n) is 3.96. The molecule has 1 amide bonds. The number of aliphatic carboxylic acids is 1. The number of rotatable bonds is 4. The lowest BCUT2D eigenvalue weighted by molar-refractivity contribution is -0.150. The van der Waals surface area contributed by atoms with Crippen molar-refractivity contribution in [2.45, 2.75) is 24.2 Å². The summed E-state index contributed by atoms with van der Waals surface area (Å²) in [6.45, 7) is 0.340. The van der Waals surface area contributed by atoms with Crippen molar-refractivity contribution in [3.05, 3.63) is 47.8 Å². The average Bonchev–Trinajstić information content (AvgIpc) is 2.96. The number of aryl methyl sites for hydroxylation is 1. The highest BCUT2D eigenvalue weighted by molar-refractivity contribution is 7.99. The number of carbonyl (C=O) groups excluding carboxylic acids is 1. The summed E-state index contributed by atoms with van der Waals surface area (Å²) in [4.78, 5) is 29.7. The molecule has 1 N–H and O–H groups in total. The first kappa shape index (κ1) is 15.6. The molecule has 2 aromatic rings. The predicted molar refractivity (Wildman–Crippen MR) is 86.1 cm³/mol. The Bertz CT molecular complexity index is 744. The maximum atomic E-state index is 12.5. The zero-order valence-electron chi connectivity index (χ0n) is 12.7. The van der Waals surface area contributed by atoms with Crippen LogP contribution >= 0.6 is 11.8 Å². The van der Waals surface area contributed by atoms with Gasteiger partial charge in [-0.1, -0.05) is 36.0 Å². The zero-order chi connectivity index (χ0) is 16.4. The van der Waals surface area contributed by atoms with Crippen LogP contribution in [0.1, 0.15) is 11.1 Å². The summed E-state index contributed by atoms with van der Waals surface area (Å²) in [5.74, 6) is -0.966. The van der Waals surface area contributed by atoms with E-state index in [1.807, 2.05) is 42.1 Å². The molecule has 7 heteroatoms. The van der Waals surface area contributed by atoms with Crippen LogP contribution < -0.4 is 0 Å². The number of carbonyl (C=O) groups is 2. The summed E-state index contributed by atoms with van der Waals surface area (Å²) in [5, 5.41) is 10.2. The second kappa shape index (κ2) is 6.45. The van der Waals surface area contributed by atoms with Crippen molar-refractivity contribution < 1.29 is 14.7 Å². The SMILES string of the molecule is Cn1ccnc1SCC(=O)N1Cc2ccccc2CC1C(=O)O.